The van der Waals surface area contributed by atoms with Crippen molar-refractivity contribution in [1.82, 2.24) is 0 Å². The van der Waals surface area contributed by atoms with E-state index < -0.39 is 11.7 Å². The molecule has 0 atom stereocenters. The van der Waals surface area contributed by atoms with Crippen LogP contribution in [0.1, 0.15) is 5.56 Å². The van der Waals surface area contributed by atoms with Crippen LogP contribution in [-0.4, -0.2) is 18.7 Å². The standard InChI is InChI=1S/C11H12N2O2/c1-7(10(14)11(12)15)8-5-3-4-6-9(8)13-2/h3-6,13H,1H2,2H3,(H2,12,15). The highest BCUT2D eigenvalue weighted by Crippen LogP contribution is 2.22. The Morgan fingerprint density at radius 3 is 2.47 bits per heavy atom. The van der Waals surface area contributed by atoms with Gasteiger partial charge < -0.3 is 11.1 Å². The first kappa shape index (κ1) is 11.0. The van der Waals surface area contributed by atoms with Gasteiger partial charge in [-0.3, -0.25) is 9.59 Å². The number of para-hydroxylation sites is 1. The molecule has 1 aromatic rings. The van der Waals surface area contributed by atoms with Crippen molar-refractivity contribution in [2.24, 2.45) is 5.73 Å². The Bertz CT molecular complexity index is 424. The molecular weight excluding hydrogens is 192 g/mol. The van der Waals surface area contributed by atoms with Crippen LogP contribution in [-0.2, 0) is 9.59 Å². The lowest BCUT2D eigenvalue weighted by Gasteiger charge is -2.08. The minimum absolute atomic E-state index is 0.104. The highest BCUT2D eigenvalue weighted by molar-refractivity contribution is 6.53. The first-order valence-corrected chi connectivity index (χ1v) is 4.38. The monoisotopic (exact) mass is 204 g/mol. The summed E-state index contributed by atoms with van der Waals surface area (Å²) in [6, 6.07) is 7.07. The van der Waals surface area contributed by atoms with Gasteiger partial charge in [-0.05, 0) is 6.07 Å². The predicted octanol–water partition coefficient (Wildman–Crippen LogP) is 0.796. The summed E-state index contributed by atoms with van der Waals surface area (Å²) in [6.07, 6.45) is 0. The van der Waals surface area contributed by atoms with Crippen LogP contribution in [0, 0.1) is 0 Å². The van der Waals surface area contributed by atoms with Gasteiger partial charge in [-0.25, -0.2) is 0 Å². The number of primary amides is 1. The highest BCUT2D eigenvalue weighted by atomic mass is 16.2. The second-order valence-electron chi connectivity index (χ2n) is 2.97. The van der Waals surface area contributed by atoms with Crippen molar-refractivity contribution in [3.63, 3.8) is 0 Å². The average molecular weight is 204 g/mol. The Labute approximate surface area is 87.8 Å². The van der Waals surface area contributed by atoms with Crippen molar-refractivity contribution in [1.29, 1.82) is 0 Å². The van der Waals surface area contributed by atoms with E-state index in [0.29, 0.717) is 5.56 Å². The number of ketones is 1. The molecule has 0 spiro atoms. The van der Waals surface area contributed by atoms with Crippen molar-refractivity contribution in [2.45, 2.75) is 0 Å². The molecule has 0 fully saturated rings. The van der Waals surface area contributed by atoms with Crippen molar-refractivity contribution in [3.05, 3.63) is 36.4 Å². The second kappa shape index (κ2) is 4.41. The fraction of sp³-hybridized carbons (Fsp3) is 0.0909. The number of Topliss-reactive ketones (excluding diaryl/α,β-unsaturated/α-hetero) is 1. The molecule has 4 heteroatoms. The van der Waals surface area contributed by atoms with E-state index in [9.17, 15) is 9.59 Å². The largest absolute Gasteiger partial charge is 0.388 e. The molecule has 78 valence electrons. The van der Waals surface area contributed by atoms with Gasteiger partial charge in [0, 0.05) is 23.9 Å². The van der Waals surface area contributed by atoms with E-state index in [1.165, 1.54) is 0 Å². The van der Waals surface area contributed by atoms with Crippen LogP contribution in [0.2, 0.25) is 0 Å². The Balaban J connectivity index is 3.11. The maximum atomic E-state index is 11.3. The predicted molar refractivity (Wildman–Crippen MR) is 59.2 cm³/mol. The van der Waals surface area contributed by atoms with Gasteiger partial charge in [0.25, 0.3) is 5.91 Å². The van der Waals surface area contributed by atoms with Gasteiger partial charge in [-0.1, -0.05) is 24.8 Å². The second-order valence-corrected chi connectivity index (χ2v) is 2.97. The third-order valence-corrected chi connectivity index (χ3v) is 2.02. The van der Waals surface area contributed by atoms with Crippen LogP contribution in [0.5, 0.6) is 0 Å². The Hall–Kier alpha value is -2.10. The third-order valence-electron chi connectivity index (χ3n) is 2.02. The van der Waals surface area contributed by atoms with Crippen molar-refractivity contribution in [3.8, 4) is 0 Å². The molecule has 0 unspecified atom stereocenters. The summed E-state index contributed by atoms with van der Waals surface area (Å²) in [7, 11) is 1.72. The minimum atomic E-state index is -0.995. The molecule has 0 saturated carbocycles. The van der Waals surface area contributed by atoms with Gasteiger partial charge in [-0.15, -0.1) is 0 Å². The van der Waals surface area contributed by atoms with Crippen LogP contribution >= 0.6 is 0 Å². The zero-order valence-electron chi connectivity index (χ0n) is 8.41. The number of nitrogens with one attached hydrogen (secondary N) is 1. The van der Waals surface area contributed by atoms with E-state index in [0.717, 1.165) is 5.69 Å². The lowest BCUT2D eigenvalue weighted by atomic mass is 10.0. The number of benzene rings is 1. The van der Waals surface area contributed by atoms with Crippen LogP contribution in [0.25, 0.3) is 5.57 Å². The van der Waals surface area contributed by atoms with Crippen LogP contribution in [0.4, 0.5) is 5.69 Å². The number of nitrogens with two attached hydrogens (primary N) is 1. The molecule has 0 saturated heterocycles. The molecular formula is C11H12N2O2. The summed E-state index contributed by atoms with van der Waals surface area (Å²) >= 11 is 0. The summed E-state index contributed by atoms with van der Waals surface area (Å²) < 4.78 is 0. The maximum Gasteiger partial charge on any atom is 0.289 e. The van der Waals surface area contributed by atoms with Crippen molar-refractivity contribution in [2.75, 3.05) is 12.4 Å². The van der Waals surface area contributed by atoms with Crippen LogP contribution in [0.15, 0.2) is 30.8 Å². The van der Waals surface area contributed by atoms with E-state index in [2.05, 4.69) is 11.9 Å². The summed E-state index contributed by atoms with van der Waals surface area (Å²) in [6.45, 7) is 3.56. The lowest BCUT2D eigenvalue weighted by Crippen LogP contribution is -2.23. The molecule has 4 nitrogen and oxygen atoms in total. The van der Waals surface area contributed by atoms with Gasteiger partial charge in [0.15, 0.2) is 0 Å². The lowest BCUT2D eigenvalue weighted by molar-refractivity contribution is -0.132. The van der Waals surface area contributed by atoms with Crippen LogP contribution in [0.3, 0.4) is 0 Å². The quantitative estimate of drug-likeness (QED) is 0.562. The molecule has 0 heterocycles. The average Bonchev–Trinajstić information content (AvgIpc) is 2.26. The van der Waals surface area contributed by atoms with Gasteiger partial charge in [0.05, 0.1) is 0 Å². The Morgan fingerprint density at radius 2 is 1.93 bits per heavy atom. The molecule has 15 heavy (non-hydrogen) atoms. The first-order chi connectivity index (χ1) is 7.07. The van der Waals surface area contributed by atoms with E-state index in [1.807, 2.05) is 6.07 Å². The molecule has 0 radical (unpaired) electrons. The summed E-state index contributed by atoms with van der Waals surface area (Å²) in [5.41, 5.74) is 6.32. The summed E-state index contributed by atoms with van der Waals surface area (Å²) in [5.74, 6) is -1.76. The van der Waals surface area contributed by atoms with E-state index in [4.69, 9.17) is 5.73 Å². The molecule has 1 rings (SSSR count). The molecule has 0 aliphatic carbocycles. The number of amides is 1. The number of hydrogen-bond acceptors (Lipinski definition) is 3. The van der Waals surface area contributed by atoms with Gasteiger partial charge in [-0.2, -0.15) is 0 Å². The number of carbonyl (C=O) groups excluding carboxylic acids is 2. The van der Waals surface area contributed by atoms with Gasteiger partial charge >= 0.3 is 0 Å². The smallest absolute Gasteiger partial charge is 0.289 e. The van der Waals surface area contributed by atoms with Crippen molar-refractivity contribution < 1.29 is 9.59 Å². The van der Waals surface area contributed by atoms with E-state index in [-0.39, 0.29) is 5.57 Å². The summed E-state index contributed by atoms with van der Waals surface area (Å²) in [5, 5.41) is 2.91. The number of anilines is 1. The number of rotatable bonds is 4. The molecule has 0 aliphatic rings. The molecule has 0 bridgehead atoms. The van der Waals surface area contributed by atoms with Crippen molar-refractivity contribution >= 4 is 23.0 Å². The molecule has 0 aliphatic heterocycles. The Kier molecular flexibility index (Phi) is 3.23. The number of hydrogen-bond donors (Lipinski definition) is 2. The fourth-order valence-corrected chi connectivity index (χ4v) is 1.24. The third kappa shape index (κ3) is 2.22. The maximum absolute atomic E-state index is 11.3. The molecule has 1 amide bonds. The molecule has 1 aromatic carbocycles. The zero-order valence-corrected chi connectivity index (χ0v) is 8.41. The number of carbonyl (C=O) groups is 2. The Morgan fingerprint density at radius 1 is 1.33 bits per heavy atom. The summed E-state index contributed by atoms with van der Waals surface area (Å²) in [4.78, 5) is 22.0. The molecule has 0 aromatic heterocycles. The van der Waals surface area contributed by atoms with Crippen LogP contribution < -0.4 is 11.1 Å². The molecule has 3 N–H and O–H groups in total. The van der Waals surface area contributed by atoms with E-state index >= 15 is 0 Å². The van der Waals surface area contributed by atoms with E-state index in [1.54, 1.807) is 25.2 Å². The fourth-order valence-electron chi connectivity index (χ4n) is 1.24. The van der Waals surface area contributed by atoms with Gasteiger partial charge in [0.1, 0.15) is 0 Å². The highest BCUT2D eigenvalue weighted by Gasteiger charge is 2.16. The minimum Gasteiger partial charge on any atom is -0.388 e. The van der Waals surface area contributed by atoms with Gasteiger partial charge in [0.2, 0.25) is 5.78 Å². The first-order valence-electron chi connectivity index (χ1n) is 4.38. The topological polar surface area (TPSA) is 72.2 Å². The zero-order chi connectivity index (χ0) is 11.4. The SMILES string of the molecule is C=C(C(=O)C(N)=O)c1ccccc1NC. The normalized spacial score (nSPS) is 9.40.